The number of benzene rings is 1. The van der Waals surface area contributed by atoms with Crippen molar-refractivity contribution in [2.75, 3.05) is 6.26 Å². The number of nitriles is 1. The average molecular weight is 322 g/mol. The van der Waals surface area contributed by atoms with Crippen LogP contribution in [0.4, 0.5) is 0 Å². The van der Waals surface area contributed by atoms with Gasteiger partial charge in [-0.05, 0) is 23.5 Å². The molecule has 1 amide bonds. The average Bonchev–Trinajstić information content (AvgIpc) is 2.41. The zero-order valence-corrected chi connectivity index (χ0v) is 14.4. The zero-order chi connectivity index (χ0) is 17.1. The molecule has 0 unspecified atom stereocenters. The molecule has 0 aromatic heterocycles. The summed E-state index contributed by atoms with van der Waals surface area (Å²) >= 11 is 0. The van der Waals surface area contributed by atoms with Crippen LogP contribution in [0.1, 0.15) is 44.9 Å². The minimum absolute atomic E-state index is 0.00524. The van der Waals surface area contributed by atoms with Crippen molar-refractivity contribution < 1.29 is 13.2 Å². The zero-order valence-electron chi connectivity index (χ0n) is 13.5. The summed E-state index contributed by atoms with van der Waals surface area (Å²) in [5, 5.41) is 10.5. The van der Waals surface area contributed by atoms with Gasteiger partial charge in [0.2, 0.25) is 5.91 Å². The van der Waals surface area contributed by atoms with Crippen LogP contribution in [0, 0.1) is 11.3 Å². The van der Waals surface area contributed by atoms with Gasteiger partial charge in [0.25, 0.3) is 0 Å². The number of hydrogen-bond donors (Lipinski definition) is 1. The molecule has 22 heavy (non-hydrogen) atoms. The van der Waals surface area contributed by atoms with Crippen LogP contribution >= 0.6 is 0 Å². The van der Waals surface area contributed by atoms with Gasteiger partial charge in [-0.3, -0.25) is 4.79 Å². The fraction of sp³-hybridized carbons (Fsp3) is 0.500. The van der Waals surface area contributed by atoms with Crippen molar-refractivity contribution in [1.29, 1.82) is 5.26 Å². The van der Waals surface area contributed by atoms with E-state index in [0.29, 0.717) is 5.56 Å². The van der Waals surface area contributed by atoms with Crippen molar-refractivity contribution in [3.05, 3.63) is 35.4 Å². The van der Waals surface area contributed by atoms with E-state index in [1.807, 2.05) is 18.2 Å². The lowest BCUT2D eigenvalue weighted by molar-refractivity contribution is -0.120. The van der Waals surface area contributed by atoms with Gasteiger partial charge in [-0.25, -0.2) is 8.42 Å². The van der Waals surface area contributed by atoms with Crippen LogP contribution in [0.2, 0.25) is 0 Å². The predicted octanol–water partition coefficient (Wildman–Crippen LogP) is 2.10. The van der Waals surface area contributed by atoms with E-state index in [4.69, 9.17) is 0 Å². The van der Waals surface area contributed by atoms with Crippen LogP contribution in [-0.2, 0) is 20.0 Å². The molecule has 120 valence electrons. The SMILES string of the molecule is C[C@@H](C(=O)N[C@@H](C#N)c1ccc(C(C)(C)C)cc1)S(C)(=O)=O. The molecule has 2 atom stereocenters. The fourth-order valence-electron chi connectivity index (χ4n) is 1.82. The number of nitrogens with zero attached hydrogens (tertiary/aromatic N) is 1. The van der Waals surface area contributed by atoms with Crippen LogP contribution in [0.15, 0.2) is 24.3 Å². The predicted molar refractivity (Wildman–Crippen MR) is 85.9 cm³/mol. The summed E-state index contributed by atoms with van der Waals surface area (Å²) < 4.78 is 22.8. The Bertz CT molecular complexity index is 680. The van der Waals surface area contributed by atoms with Gasteiger partial charge < -0.3 is 5.32 Å². The second kappa shape index (κ2) is 6.49. The molecule has 1 aromatic rings. The molecule has 0 aliphatic carbocycles. The minimum Gasteiger partial charge on any atom is -0.336 e. The molecule has 1 rings (SSSR count). The molecule has 5 nitrogen and oxygen atoms in total. The number of nitrogens with one attached hydrogen (secondary N) is 1. The van der Waals surface area contributed by atoms with E-state index in [1.165, 1.54) is 6.92 Å². The highest BCUT2D eigenvalue weighted by Gasteiger charge is 2.26. The molecule has 0 spiro atoms. The molecule has 0 fully saturated rings. The largest absolute Gasteiger partial charge is 0.336 e. The molecule has 0 saturated heterocycles. The Hall–Kier alpha value is -1.87. The maximum Gasteiger partial charge on any atom is 0.239 e. The standard InChI is InChI=1S/C16H22N2O3S/c1-11(22(5,20)21)15(19)18-14(10-17)12-6-8-13(9-7-12)16(2,3)4/h6-9,11,14H,1-5H3,(H,18,19)/t11-,14-/m0/s1. The van der Waals surface area contributed by atoms with Crippen molar-refractivity contribution in [2.45, 2.75) is 44.4 Å². The molecule has 0 saturated carbocycles. The number of sulfone groups is 1. The first-order valence-electron chi connectivity index (χ1n) is 6.96. The summed E-state index contributed by atoms with van der Waals surface area (Å²) in [7, 11) is -3.49. The highest BCUT2D eigenvalue weighted by Crippen LogP contribution is 2.24. The molecule has 0 aliphatic rings. The molecule has 1 N–H and O–H groups in total. The van der Waals surface area contributed by atoms with Crippen LogP contribution in [0.5, 0.6) is 0 Å². The third-order valence-electron chi connectivity index (χ3n) is 3.54. The summed E-state index contributed by atoms with van der Waals surface area (Å²) in [6.07, 6.45) is 0.997. The normalized spacial score (nSPS) is 14.7. The third-order valence-corrected chi connectivity index (χ3v) is 5.04. The number of carbonyl (C=O) groups is 1. The Morgan fingerprint density at radius 1 is 1.23 bits per heavy atom. The third kappa shape index (κ3) is 4.57. The fourth-order valence-corrected chi connectivity index (χ4v) is 2.28. The number of amides is 1. The topological polar surface area (TPSA) is 87.0 Å². The second-order valence-electron chi connectivity index (χ2n) is 6.41. The monoisotopic (exact) mass is 322 g/mol. The lowest BCUT2D eigenvalue weighted by Crippen LogP contribution is -2.39. The van der Waals surface area contributed by atoms with Crippen molar-refractivity contribution in [1.82, 2.24) is 5.32 Å². The van der Waals surface area contributed by atoms with Crippen molar-refractivity contribution in [2.24, 2.45) is 0 Å². The minimum atomic E-state index is -3.49. The van der Waals surface area contributed by atoms with Crippen molar-refractivity contribution in [3.8, 4) is 6.07 Å². The van der Waals surface area contributed by atoms with Gasteiger partial charge in [0.1, 0.15) is 11.3 Å². The molecule has 0 bridgehead atoms. The molecule has 0 radical (unpaired) electrons. The van der Waals surface area contributed by atoms with Crippen LogP contribution < -0.4 is 5.32 Å². The molecule has 1 aromatic carbocycles. The summed E-state index contributed by atoms with van der Waals surface area (Å²) in [4.78, 5) is 11.9. The lowest BCUT2D eigenvalue weighted by atomic mass is 9.86. The molecule has 6 heteroatoms. The first kappa shape index (κ1) is 18.2. The van der Waals surface area contributed by atoms with Gasteiger partial charge in [0.05, 0.1) is 6.07 Å². The summed E-state index contributed by atoms with van der Waals surface area (Å²) in [6, 6.07) is 8.49. The number of carbonyl (C=O) groups excluding carboxylic acids is 1. The summed E-state index contributed by atoms with van der Waals surface area (Å²) in [5.41, 5.74) is 1.74. The second-order valence-corrected chi connectivity index (χ2v) is 8.78. The van der Waals surface area contributed by atoms with Gasteiger partial charge >= 0.3 is 0 Å². The summed E-state index contributed by atoms with van der Waals surface area (Å²) in [6.45, 7) is 7.56. The van der Waals surface area contributed by atoms with Gasteiger partial charge in [-0.1, -0.05) is 45.0 Å². The van der Waals surface area contributed by atoms with E-state index in [2.05, 4.69) is 26.1 Å². The smallest absolute Gasteiger partial charge is 0.239 e. The Kier molecular flexibility index (Phi) is 5.36. The molecule has 0 heterocycles. The highest BCUT2D eigenvalue weighted by atomic mass is 32.2. The maximum absolute atomic E-state index is 11.9. The van der Waals surface area contributed by atoms with Gasteiger partial charge in [-0.15, -0.1) is 0 Å². The Morgan fingerprint density at radius 2 is 1.73 bits per heavy atom. The van der Waals surface area contributed by atoms with E-state index >= 15 is 0 Å². The van der Waals surface area contributed by atoms with E-state index < -0.39 is 27.0 Å². The van der Waals surface area contributed by atoms with Crippen molar-refractivity contribution in [3.63, 3.8) is 0 Å². The summed E-state index contributed by atoms with van der Waals surface area (Å²) in [5.74, 6) is -0.672. The van der Waals surface area contributed by atoms with E-state index in [1.54, 1.807) is 12.1 Å². The first-order chi connectivity index (χ1) is 9.96. The first-order valence-corrected chi connectivity index (χ1v) is 8.91. The van der Waals surface area contributed by atoms with E-state index in [0.717, 1.165) is 11.8 Å². The number of rotatable bonds is 4. The highest BCUT2D eigenvalue weighted by molar-refractivity contribution is 7.92. The van der Waals surface area contributed by atoms with Crippen LogP contribution in [-0.4, -0.2) is 25.8 Å². The lowest BCUT2D eigenvalue weighted by Gasteiger charge is -2.20. The number of hydrogen-bond acceptors (Lipinski definition) is 4. The van der Waals surface area contributed by atoms with Gasteiger partial charge in [-0.2, -0.15) is 5.26 Å². The van der Waals surface area contributed by atoms with Crippen LogP contribution in [0.3, 0.4) is 0 Å². The molecular formula is C16H22N2O3S. The Balaban J connectivity index is 2.94. The van der Waals surface area contributed by atoms with Crippen molar-refractivity contribution >= 4 is 15.7 Å². The Labute approximate surface area is 132 Å². The van der Waals surface area contributed by atoms with Gasteiger partial charge in [0, 0.05) is 6.26 Å². The Morgan fingerprint density at radius 3 is 2.09 bits per heavy atom. The van der Waals surface area contributed by atoms with Gasteiger partial charge in [0.15, 0.2) is 9.84 Å². The maximum atomic E-state index is 11.9. The van der Waals surface area contributed by atoms with E-state index in [-0.39, 0.29) is 5.41 Å². The van der Waals surface area contributed by atoms with Crippen LogP contribution in [0.25, 0.3) is 0 Å². The molecule has 0 aliphatic heterocycles. The molecular weight excluding hydrogens is 300 g/mol. The van der Waals surface area contributed by atoms with E-state index in [9.17, 15) is 18.5 Å². The quantitative estimate of drug-likeness (QED) is 0.919.